The maximum absolute atomic E-state index is 13.1. The van der Waals surface area contributed by atoms with Gasteiger partial charge in [-0.15, -0.1) is 0 Å². The molecule has 0 aliphatic carbocycles. The van der Waals surface area contributed by atoms with Gasteiger partial charge in [-0.05, 0) is 36.8 Å². The molecule has 38 heavy (non-hydrogen) atoms. The van der Waals surface area contributed by atoms with Gasteiger partial charge < -0.3 is 29.1 Å². The van der Waals surface area contributed by atoms with Gasteiger partial charge >= 0.3 is 12.1 Å². The number of hydrogen-bond donors (Lipinski definition) is 1. The highest BCUT2D eigenvalue weighted by Crippen LogP contribution is 2.42. The van der Waals surface area contributed by atoms with Crippen LogP contribution in [-0.2, 0) is 14.3 Å². The molecular formula is C25H34F3N3O7. The highest BCUT2D eigenvalue weighted by atomic mass is 19.4. The summed E-state index contributed by atoms with van der Waals surface area (Å²) in [5.41, 5.74) is 0.733. The Balaban J connectivity index is 0.000000505. The number of piperazine rings is 1. The van der Waals surface area contributed by atoms with E-state index in [0.29, 0.717) is 23.6 Å². The van der Waals surface area contributed by atoms with Gasteiger partial charge in [0.15, 0.2) is 0 Å². The number of carbonyl (C=O) groups is 3. The van der Waals surface area contributed by atoms with Crippen molar-refractivity contribution in [2.75, 3.05) is 67.1 Å². The van der Waals surface area contributed by atoms with Crippen LogP contribution in [0.25, 0.3) is 0 Å². The van der Waals surface area contributed by atoms with Crippen molar-refractivity contribution in [3.63, 3.8) is 0 Å². The summed E-state index contributed by atoms with van der Waals surface area (Å²) in [6.45, 7) is 5.17. The summed E-state index contributed by atoms with van der Waals surface area (Å²) in [4.78, 5) is 39.8. The minimum atomic E-state index is -5.08. The van der Waals surface area contributed by atoms with Crippen molar-refractivity contribution in [1.29, 1.82) is 0 Å². The van der Waals surface area contributed by atoms with E-state index in [1.807, 2.05) is 11.9 Å². The Kier molecular flexibility index (Phi) is 9.47. The molecule has 1 aromatic carbocycles. The molecule has 13 heteroatoms. The summed E-state index contributed by atoms with van der Waals surface area (Å²) < 4.78 is 48.5. The number of amides is 2. The molecule has 212 valence electrons. The van der Waals surface area contributed by atoms with Crippen LogP contribution in [0.1, 0.15) is 29.6 Å². The number of aliphatic carboxylic acids is 1. The minimum Gasteiger partial charge on any atom is -0.497 e. The predicted molar refractivity (Wildman–Crippen MR) is 129 cm³/mol. The summed E-state index contributed by atoms with van der Waals surface area (Å²) in [6, 6.07) is 5.30. The van der Waals surface area contributed by atoms with Crippen LogP contribution in [-0.4, -0.2) is 117 Å². The topological polar surface area (TPSA) is 109 Å². The second-order valence-corrected chi connectivity index (χ2v) is 9.88. The van der Waals surface area contributed by atoms with Gasteiger partial charge in [0.2, 0.25) is 5.91 Å². The quantitative estimate of drug-likeness (QED) is 0.600. The molecule has 1 spiro atoms. The van der Waals surface area contributed by atoms with Gasteiger partial charge in [-0.1, -0.05) is 0 Å². The van der Waals surface area contributed by atoms with E-state index in [1.54, 1.807) is 37.3 Å². The second-order valence-electron chi connectivity index (χ2n) is 9.88. The van der Waals surface area contributed by atoms with Crippen LogP contribution >= 0.6 is 0 Å². The number of ether oxygens (including phenoxy) is 3. The minimum absolute atomic E-state index is 0.0125. The number of rotatable bonds is 5. The monoisotopic (exact) mass is 545 g/mol. The Morgan fingerprint density at radius 2 is 1.66 bits per heavy atom. The van der Waals surface area contributed by atoms with Crippen LogP contribution in [0.2, 0.25) is 0 Å². The molecule has 1 unspecified atom stereocenters. The molecule has 1 aromatic rings. The number of carboxylic acid groups (broad SMARTS) is 1. The zero-order valence-electron chi connectivity index (χ0n) is 21.8. The lowest BCUT2D eigenvalue weighted by molar-refractivity contribution is -0.192. The van der Waals surface area contributed by atoms with E-state index >= 15 is 0 Å². The third-order valence-electron chi connectivity index (χ3n) is 7.24. The molecule has 3 aliphatic heterocycles. The number of carbonyl (C=O) groups excluding carboxylic acids is 2. The lowest BCUT2D eigenvalue weighted by Crippen LogP contribution is -2.50. The number of methoxy groups -OCH3 is 2. The number of nitrogens with zero attached hydrogens (tertiary/aromatic N) is 3. The Labute approximate surface area is 219 Å². The fraction of sp³-hybridized carbons (Fsp3) is 0.640. The largest absolute Gasteiger partial charge is 0.497 e. The molecule has 3 aliphatic rings. The standard InChI is InChI=1S/C23H33N3O5.C2HF3O2/c1-24-8-9-25(15-21(24)27)14-20-13-23(16-31-20)4-6-26(7-5-23)22(28)17-10-18(29-2)12-19(11-17)30-3;3-2(4,5)1(6)7/h10-12,20H,4-9,13-16H2,1-3H3;(H,6,7). The third kappa shape index (κ3) is 7.50. The molecule has 3 fully saturated rings. The number of likely N-dealkylation sites (tertiary alicyclic amines) is 1. The van der Waals surface area contributed by atoms with Crippen molar-refractivity contribution in [1.82, 2.24) is 14.7 Å². The summed E-state index contributed by atoms with van der Waals surface area (Å²) in [5.74, 6) is -1.33. The van der Waals surface area contributed by atoms with E-state index < -0.39 is 12.1 Å². The number of halogens is 3. The lowest BCUT2D eigenvalue weighted by Gasteiger charge is -2.38. The maximum atomic E-state index is 13.1. The van der Waals surface area contributed by atoms with E-state index in [-0.39, 0.29) is 23.3 Å². The summed E-state index contributed by atoms with van der Waals surface area (Å²) in [5, 5.41) is 7.12. The first kappa shape index (κ1) is 29.5. The van der Waals surface area contributed by atoms with Gasteiger partial charge in [0, 0.05) is 51.4 Å². The molecule has 1 N–H and O–H groups in total. The lowest BCUT2D eigenvalue weighted by atomic mass is 9.76. The first-order chi connectivity index (χ1) is 17.9. The van der Waals surface area contributed by atoms with Crippen molar-refractivity contribution >= 4 is 17.8 Å². The van der Waals surface area contributed by atoms with Crippen LogP contribution in [0.15, 0.2) is 18.2 Å². The molecule has 0 aromatic heterocycles. The van der Waals surface area contributed by atoms with E-state index in [4.69, 9.17) is 24.1 Å². The van der Waals surface area contributed by atoms with Gasteiger partial charge in [-0.3, -0.25) is 14.5 Å². The maximum Gasteiger partial charge on any atom is 0.490 e. The molecule has 3 heterocycles. The number of alkyl halides is 3. The van der Waals surface area contributed by atoms with Crippen LogP contribution in [0.3, 0.4) is 0 Å². The first-order valence-corrected chi connectivity index (χ1v) is 12.3. The second kappa shape index (κ2) is 12.2. The van der Waals surface area contributed by atoms with E-state index in [9.17, 15) is 22.8 Å². The van der Waals surface area contributed by atoms with Gasteiger partial charge in [0.05, 0.1) is 33.5 Å². The third-order valence-corrected chi connectivity index (χ3v) is 7.24. The average molecular weight is 546 g/mol. The van der Waals surface area contributed by atoms with Crippen molar-refractivity contribution in [3.8, 4) is 11.5 Å². The van der Waals surface area contributed by atoms with Crippen molar-refractivity contribution < 1.29 is 46.9 Å². The Morgan fingerprint density at radius 1 is 1.08 bits per heavy atom. The summed E-state index contributed by atoms with van der Waals surface area (Å²) in [7, 11) is 5.03. The molecular weight excluding hydrogens is 511 g/mol. The van der Waals surface area contributed by atoms with E-state index in [2.05, 4.69) is 4.90 Å². The summed E-state index contributed by atoms with van der Waals surface area (Å²) in [6.07, 6.45) is -2.03. The van der Waals surface area contributed by atoms with Crippen LogP contribution in [0.5, 0.6) is 11.5 Å². The van der Waals surface area contributed by atoms with Crippen LogP contribution < -0.4 is 9.47 Å². The fourth-order valence-electron chi connectivity index (χ4n) is 4.91. The molecule has 0 saturated carbocycles. The molecule has 1 atom stereocenters. The normalized spacial score (nSPS) is 21.6. The molecule has 3 saturated heterocycles. The van der Waals surface area contributed by atoms with Crippen LogP contribution in [0.4, 0.5) is 13.2 Å². The van der Waals surface area contributed by atoms with Gasteiger partial charge in [-0.25, -0.2) is 4.79 Å². The molecule has 10 nitrogen and oxygen atoms in total. The number of likely N-dealkylation sites (N-methyl/N-ethyl adjacent to an activating group) is 1. The first-order valence-electron chi connectivity index (χ1n) is 12.3. The Bertz CT molecular complexity index is 990. The number of piperidine rings is 1. The van der Waals surface area contributed by atoms with Gasteiger partial charge in [0.1, 0.15) is 11.5 Å². The SMILES string of the molecule is COc1cc(OC)cc(C(=O)N2CCC3(CC2)COC(CN2CCN(C)C(=O)C2)C3)c1.O=C(O)C(F)(F)F. The number of benzene rings is 1. The van der Waals surface area contributed by atoms with Crippen molar-refractivity contribution in [2.24, 2.45) is 5.41 Å². The average Bonchev–Trinajstić information content (AvgIpc) is 3.27. The highest BCUT2D eigenvalue weighted by molar-refractivity contribution is 5.95. The van der Waals surface area contributed by atoms with E-state index in [1.165, 1.54) is 0 Å². The number of hydrogen-bond acceptors (Lipinski definition) is 7. The molecule has 4 rings (SSSR count). The zero-order valence-corrected chi connectivity index (χ0v) is 21.8. The van der Waals surface area contributed by atoms with Crippen LogP contribution in [0, 0.1) is 5.41 Å². The molecule has 0 radical (unpaired) electrons. The Hall–Kier alpha value is -3.06. The molecule has 0 bridgehead atoms. The molecule has 2 amide bonds. The van der Waals surface area contributed by atoms with Gasteiger partial charge in [-0.2, -0.15) is 13.2 Å². The smallest absolute Gasteiger partial charge is 0.490 e. The zero-order chi connectivity index (χ0) is 28.1. The van der Waals surface area contributed by atoms with Crippen molar-refractivity contribution in [3.05, 3.63) is 23.8 Å². The van der Waals surface area contributed by atoms with E-state index in [0.717, 1.165) is 58.6 Å². The Morgan fingerprint density at radius 3 is 2.16 bits per heavy atom. The summed E-state index contributed by atoms with van der Waals surface area (Å²) >= 11 is 0. The van der Waals surface area contributed by atoms with Gasteiger partial charge in [0.25, 0.3) is 5.91 Å². The highest BCUT2D eigenvalue weighted by Gasteiger charge is 2.44. The predicted octanol–water partition coefficient (Wildman–Crippen LogP) is 2.12. The number of carboxylic acids is 1. The van der Waals surface area contributed by atoms with Crippen molar-refractivity contribution in [2.45, 2.75) is 31.5 Å². The fourth-order valence-corrected chi connectivity index (χ4v) is 4.91.